The minimum Gasteiger partial charge on any atom is -0.394 e. The normalized spacial score (nSPS) is 31.6. The molecule has 2 unspecified atom stereocenters. The van der Waals surface area contributed by atoms with E-state index in [1.54, 1.807) is 0 Å². The summed E-state index contributed by atoms with van der Waals surface area (Å²) in [6.07, 6.45) is 0.221. The first-order valence-electron chi connectivity index (χ1n) is 11.2. The molecule has 36 heavy (non-hydrogen) atoms. The fourth-order valence-corrected chi connectivity index (χ4v) is 4.39. The molecule has 198 valence electrons. The Kier molecular flexibility index (Phi) is 8.92. The van der Waals surface area contributed by atoms with E-state index in [2.05, 4.69) is 9.97 Å². The molecule has 0 radical (unpaired) electrons. The van der Waals surface area contributed by atoms with Gasteiger partial charge in [0.1, 0.15) is 24.6 Å². The van der Waals surface area contributed by atoms with E-state index in [0.29, 0.717) is 6.29 Å². The van der Waals surface area contributed by atoms with Gasteiger partial charge in [-0.2, -0.15) is 0 Å². The Balaban J connectivity index is 0.000000201. The molecule has 0 aliphatic carbocycles. The predicted octanol–water partition coefficient (Wildman–Crippen LogP) is -1.64. The number of nitrogens with zero attached hydrogens (tertiary/aromatic N) is 2. The average Bonchev–Trinajstić information content (AvgIpc) is 3.34. The highest BCUT2D eigenvalue weighted by Crippen LogP contribution is 2.35. The monoisotopic (exact) mass is 510 g/mol. The summed E-state index contributed by atoms with van der Waals surface area (Å²) in [5.41, 5.74) is -2.09. The van der Waals surface area contributed by atoms with E-state index in [1.165, 1.54) is 47.9 Å². The van der Waals surface area contributed by atoms with E-state index < -0.39 is 53.3 Å². The van der Waals surface area contributed by atoms with Gasteiger partial charge in [0.2, 0.25) is 0 Å². The lowest BCUT2D eigenvalue weighted by atomic mass is 10.0. The number of carbonyl (C=O) groups is 1. The summed E-state index contributed by atoms with van der Waals surface area (Å²) in [6, 6.07) is 2.46. The summed E-state index contributed by atoms with van der Waals surface area (Å²) in [4.78, 5) is 60.5. The zero-order valence-electron chi connectivity index (χ0n) is 20.2. The number of aromatic amines is 2. The topological polar surface area (TPSA) is 184 Å². The Morgan fingerprint density at radius 1 is 0.889 bits per heavy atom. The minimum atomic E-state index is -0.718. The highest BCUT2D eigenvalue weighted by atomic mass is 16.6. The van der Waals surface area contributed by atoms with Crippen molar-refractivity contribution in [2.75, 3.05) is 20.8 Å². The third-order valence-electron chi connectivity index (χ3n) is 6.42. The first kappa shape index (κ1) is 27.4. The van der Waals surface area contributed by atoms with Crippen LogP contribution in [0.2, 0.25) is 0 Å². The molecule has 2 aromatic rings. The van der Waals surface area contributed by atoms with Crippen LogP contribution in [0, 0.1) is 11.8 Å². The molecule has 0 saturated carbocycles. The molecule has 3 N–H and O–H groups in total. The van der Waals surface area contributed by atoms with Gasteiger partial charge in [-0.25, -0.2) is 9.59 Å². The number of H-pyrrole nitrogens is 2. The maximum Gasteiger partial charge on any atom is 0.330 e. The van der Waals surface area contributed by atoms with Crippen molar-refractivity contribution in [2.24, 2.45) is 11.8 Å². The molecule has 2 aromatic heterocycles. The van der Waals surface area contributed by atoms with Crippen molar-refractivity contribution in [1.82, 2.24) is 19.1 Å². The SMILES string of the molecule is CO[C@H]1C(C)[C@@H](C=O)O[C@H]1n1ccc(=O)[nH]c1=O.CO[C@H]1C(C)[C@@H](CO)O[C@H]1n1ccc(=O)[nH]c1=O. The Morgan fingerprint density at radius 3 is 1.78 bits per heavy atom. The summed E-state index contributed by atoms with van der Waals surface area (Å²) in [5.74, 6) is -0.222. The quantitative estimate of drug-likeness (QED) is 0.381. The number of ether oxygens (including phenoxy) is 4. The number of aliphatic hydroxyl groups is 1. The van der Waals surface area contributed by atoms with E-state index in [4.69, 9.17) is 18.9 Å². The number of methoxy groups -OCH3 is 2. The number of aldehydes is 1. The van der Waals surface area contributed by atoms with Crippen molar-refractivity contribution in [1.29, 1.82) is 0 Å². The summed E-state index contributed by atoms with van der Waals surface area (Å²) >= 11 is 0. The third-order valence-corrected chi connectivity index (χ3v) is 6.42. The van der Waals surface area contributed by atoms with Crippen molar-refractivity contribution in [3.05, 3.63) is 66.2 Å². The van der Waals surface area contributed by atoms with Gasteiger partial charge < -0.3 is 28.8 Å². The summed E-state index contributed by atoms with van der Waals surface area (Å²) in [6.45, 7) is 3.55. The van der Waals surface area contributed by atoms with Crippen LogP contribution >= 0.6 is 0 Å². The maximum absolute atomic E-state index is 11.7. The predicted molar refractivity (Wildman–Crippen MR) is 124 cm³/mol. The standard InChI is InChI=1S/C11H16N2O5.C11H14N2O5/c2*1-6-7(5-14)18-10(9(6)17-2)13-4-3-8(15)12-11(13)16/h3-4,6-7,9-10,14H,5H2,1-2H3,(H,12,15,16);3-7,9-10H,1-2H3,(H,12,15,16)/t2*6?,7-,9+,10-/m11/s1. The molecule has 2 saturated heterocycles. The van der Waals surface area contributed by atoms with Gasteiger partial charge >= 0.3 is 11.4 Å². The lowest BCUT2D eigenvalue weighted by Gasteiger charge is -2.20. The van der Waals surface area contributed by atoms with Crippen LogP contribution in [0.3, 0.4) is 0 Å². The molecule has 2 aliphatic heterocycles. The van der Waals surface area contributed by atoms with Crippen LogP contribution in [0.4, 0.5) is 0 Å². The Bertz CT molecular complexity index is 1270. The number of aliphatic hydroxyl groups excluding tert-OH is 1. The third kappa shape index (κ3) is 5.47. The van der Waals surface area contributed by atoms with Gasteiger partial charge in [0.15, 0.2) is 12.5 Å². The average molecular weight is 511 g/mol. The fraction of sp³-hybridized carbons (Fsp3) is 0.591. The van der Waals surface area contributed by atoms with E-state index in [0.717, 1.165) is 0 Å². The molecule has 4 heterocycles. The first-order chi connectivity index (χ1) is 17.2. The highest BCUT2D eigenvalue weighted by molar-refractivity contribution is 5.57. The number of rotatable bonds is 6. The molecule has 14 nitrogen and oxygen atoms in total. The van der Waals surface area contributed by atoms with Gasteiger partial charge in [0.05, 0.1) is 12.7 Å². The largest absolute Gasteiger partial charge is 0.394 e. The number of hydrogen-bond acceptors (Lipinski definition) is 10. The van der Waals surface area contributed by atoms with E-state index in [9.17, 15) is 29.1 Å². The molecular weight excluding hydrogens is 480 g/mol. The van der Waals surface area contributed by atoms with Crippen molar-refractivity contribution in [2.45, 2.75) is 50.7 Å². The van der Waals surface area contributed by atoms with Crippen LogP contribution in [0.15, 0.2) is 43.7 Å². The van der Waals surface area contributed by atoms with E-state index in [-0.39, 0.29) is 24.5 Å². The Hall–Kier alpha value is -3.17. The van der Waals surface area contributed by atoms with Crippen LogP contribution in [0.5, 0.6) is 0 Å². The molecule has 0 aromatic carbocycles. The van der Waals surface area contributed by atoms with Crippen LogP contribution in [0.1, 0.15) is 26.3 Å². The van der Waals surface area contributed by atoms with Gasteiger partial charge in [0, 0.05) is 50.6 Å². The molecule has 8 atom stereocenters. The van der Waals surface area contributed by atoms with E-state index >= 15 is 0 Å². The molecule has 14 heteroatoms. The second-order valence-corrected chi connectivity index (χ2v) is 8.53. The summed E-state index contributed by atoms with van der Waals surface area (Å²) < 4.78 is 24.2. The first-order valence-corrected chi connectivity index (χ1v) is 11.2. The van der Waals surface area contributed by atoms with Crippen LogP contribution in [-0.2, 0) is 23.7 Å². The van der Waals surface area contributed by atoms with Crippen molar-refractivity contribution >= 4 is 6.29 Å². The maximum atomic E-state index is 11.7. The number of aromatic nitrogens is 4. The van der Waals surface area contributed by atoms with Gasteiger partial charge in [-0.05, 0) is 0 Å². The lowest BCUT2D eigenvalue weighted by molar-refractivity contribution is -0.121. The molecule has 2 aliphatic rings. The smallest absolute Gasteiger partial charge is 0.330 e. The van der Waals surface area contributed by atoms with Crippen molar-refractivity contribution in [3.63, 3.8) is 0 Å². The molecule has 4 rings (SSSR count). The number of nitrogens with one attached hydrogen (secondary N) is 2. The van der Waals surface area contributed by atoms with Crippen molar-refractivity contribution < 1.29 is 28.8 Å². The molecule has 2 fully saturated rings. The molecule has 0 spiro atoms. The highest BCUT2D eigenvalue weighted by Gasteiger charge is 2.44. The molecular formula is C22H30N4O10. The fourth-order valence-electron chi connectivity index (χ4n) is 4.39. The summed E-state index contributed by atoms with van der Waals surface area (Å²) in [5, 5.41) is 9.20. The Morgan fingerprint density at radius 2 is 1.36 bits per heavy atom. The van der Waals surface area contributed by atoms with Gasteiger partial charge in [-0.1, -0.05) is 13.8 Å². The van der Waals surface area contributed by atoms with Gasteiger partial charge in [0.25, 0.3) is 11.1 Å². The Labute approximate surface area is 204 Å². The second-order valence-electron chi connectivity index (χ2n) is 8.53. The van der Waals surface area contributed by atoms with Crippen LogP contribution in [-0.4, -0.2) is 75.7 Å². The minimum absolute atomic E-state index is 0.0520. The van der Waals surface area contributed by atoms with Gasteiger partial charge in [-0.3, -0.25) is 28.7 Å². The zero-order chi connectivity index (χ0) is 26.6. The second kappa shape index (κ2) is 11.7. The van der Waals surface area contributed by atoms with Crippen LogP contribution in [0.25, 0.3) is 0 Å². The zero-order valence-corrected chi connectivity index (χ0v) is 20.2. The summed E-state index contributed by atoms with van der Waals surface area (Å²) in [7, 11) is 3.01. The molecule has 0 bridgehead atoms. The number of carbonyl (C=O) groups excluding carboxylic acids is 1. The lowest BCUT2D eigenvalue weighted by Crippen LogP contribution is -2.36. The van der Waals surface area contributed by atoms with Crippen molar-refractivity contribution in [3.8, 4) is 0 Å². The van der Waals surface area contributed by atoms with Crippen LogP contribution < -0.4 is 22.5 Å². The van der Waals surface area contributed by atoms with Gasteiger partial charge in [-0.15, -0.1) is 0 Å². The number of hydrogen-bond donors (Lipinski definition) is 3. The van der Waals surface area contributed by atoms with E-state index in [1.807, 2.05) is 13.8 Å². The molecule has 0 amide bonds.